The van der Waals surface area contributed by atoms with Crippen molar-refractivity contribution in [2.75, 3.05) is 39.8 Å². The van der Waals surface area contributed by atoms with Gasteiger partial charge in [-0.15, -0.1) is 0 Å². The Morgan fingerprint density at radius 3 is 1.88 bits per heavy atom. The van der Waals surface area contributed by atoms with Gasteiger partial charge in [0.05, 0.1) is 45.3 Å². The third-order valence-electron chi connectivity index (χ3n) is 14.0. The van der Waals surface area contributed by atoms with E-state index in [-0.39, 0.29) is 55.8 Å². The van der Waals surface area contributed by atoms with E-state index in [1.807, 2.05) is 38.7 Å². The Kier molecular flexibility index (Phi) is 14.0. The van der Waals surface area contributed by atoms with Crippen LogP contribution in [0.2, 0.25) is 0 Å². The number of carbonyl (C=O) groups excluding carboxylic acids is 4. The van der Waals surface area contributed by atoms with Gasteiger partial charge < -0.3 is 28.8 Å². The number of sulfone groups is 1. The highest BCUT2D eigenvalue weighted by atomic mass is 32.2. The van der Waals surface area contributed by atoms with Gasteiger partial charge >= 0.3 is 6.18 Å². The number of aliphatic hydroxyl groups excluding tert-OH is 1. The maximum absolute atomic E-state index is 13.2. The van der Waals surface area contributed by atoms with Crippen molar-refractivity contribution in [3.63, 3.8) is 0 Å². The van der Waals surface area contributed by atoms with Crippen LogP contribution in [0.3, 0.4) is 0 Å². The number of hydrogen-bond donors (Lipinski definition) is 2. The van der Waals surface area contributed by atoms with Gasteiger partial charge in [-0.3, -0.25) is 29.4 Å². The van der Waals surface area contributed by atoms with Gasteiger partial charge in [0.15, 0.2) is 15.6 Å². The molecule has 0 unspecified atom stereocenters. The Morgan fingerprint density at radius 2 is 1.32 bits per heavy atom. The number of likely N-dealkylation sites (tertiary alicyclic amines) is 2. The Balaban J connectivity index is 0.000000255. The van der Waals surface area contributed by atoms with E-state index >= 15 is 0 Å². The predicted octanol–water partition coefficient (Wildman–Crippen LogP) is 7.47. The minimum atomic E-state index is -4.96. The van der Waals surface area contributed by atoms with Gasteiger partial charge in [-0.2, -0.15) is 13.2 Å². The van der Waals surface area contributed by atoms with Crippen LogP contribution in [0.5, 0.6) is 5.75 Å². The number of fused-ring (bicyclic) bond motifs is 4. The van der Waals surface area contributed by atoms with Gasteiger partial charge in [-0.1, -0.05) is 0 Å². The highest BCUT2D eigenvalue weighted by Crippen LogP contribution is 2.43. The number of benzene rings is 2. The molecule has 68 heavy (non-hydrogen) atoms. The van der Waals surface area contributed by atoms with Crippen LogP contribution in [0, 0.1) is 0 Å². The van der Waals surface area contributed by atoms with E-state index in [2.05, 4.69) is 27.9 Å². The lowest BCUT2D eigenvalue weighted by Gasteiger charge is -2.51. The highest BCUT2D eigenvalue weighted by molar-refractivity contribution is 7.92. The number of ketones is 2. The average Bonchev–Trinajstić information content (AvgIpc) is 3.93. The first-order valence-corrected chi connectivity index (χ1v) is 24.7. The molecule has 2 fully saturated rings. The standard InChI is InChI=1S/C25H30F3N3O4S.C25H33N3O4.2H2/c1-16(2)36(34,35)18-7-5-17(6-8-18)22(33)30-13-11-24(12-14-30)20-10-9-19(21(32)25(26,27)28)31(20)15-23(3,4)29-24;1-17(2)32-22-7-5-19(15-20(22)16-29)24(31)27-11-9-25(10-12-27)23-8-6-21(18(3)30)28(23)14-13-26(25)4;;/h5-10,16,29H,11-15H2,1-4H3;5-8,15,17,29H,9-14,16H2,1-4H3;2*1H. The molecule has 0 radical (unpaired) electrons. The molecule has 8 rings (SSSR count). The number of aromatic nitrogens is 2. The molecule has 14 nitrogen and oxygen atoms in total. The molecule has 2 aromatic carbocycles. The van der Waals surface area contributed by atoms with Gasteiger partial charge in [-0.25, -0.2) is 8.42 Å². The summed E-state index contributed by atoms with van der Waals surface area (Å²) in [5, 5.41) is 12.7. The van der Waals surface area contributed by atoms with E-state index in [1.54, 1.807) is 49.9 Å². The molecule has 372 valence electrons. The fourth-order valence-electron chi connectivity index (χ4n) is 10.4. The van der Waals surface area contributed by atoms with E-state index < -0.39 is 38.1 Å². The number of likely N-dealkylation sites (N-methyl/N-ethyl adjacent to an activating group) is 1. The normalized spacial score (nSPS) is 18.8. The van der Waals surface area contributed by atoms with Crippen molar-refractivity contribution in [2.24, 2.45) is 0 Å². The molecular weight excluding hydrogens is 902 g/mol. The Hall–Kier alpha value is -5.30. The van der Waals surface area contributed by atoms with Crippen molar-refractivity contribution < 1.29 is 53.5 Å². The van der Waals surface area contributed by atoms with Gasteiger partial charge in [-0.05, 0) is 141 Å². The summed E-state index contributed by atoms with van der Waals surface area (Å²) >= 11 is 0. The maximum Gasteiger partial charge on any atom is 0.456 e. The summed E-state index contributed by atoms with van der Waals surface area (Å²) in [4.78, 5) is 56.6. The zero-order valence-corrected chi connectivity index (χ0v) is 40.9. The smallest absolute Gasteiger partial charge is 0.456 e. The van der Waals surface area contributed by atoms with Crippen LogP contribution in [-0.4, -0.2) is 124 Å². The quantitative estimate of drug-likeness (QED) is 0.161. The van der Waals surface area contributed by atoms with Crippen molar-refractivity contribution in [1.29, 1.82) is 0 Å². The number of hydrogen-bond acceptors (Lipinski definition) is 10. The zero-order valence-electron chi connectivity index (χ0n) is 40.1. The molecule has 4 aliphatic rings. The van der Waals surface area contributed by atoms with Gasteiger partial charge in [0.25, 0.3) is 17.6 Å². The van der Waals surface area contributed by atoms with Crippen molar-refractivity contribution >= 4 is 33.2 Å². The van der Waals surface area contributed by atoms with Crippen LogP contribution in [-0.2, 0) is 40.6 Å². The molecule has 0 saturated carbocycles. The van der Waals surface area contributed by atoms with Crippen LogP contribution >= 0.6 is 0 Å². The zero-order chi connectivity index (χ0) is 49.7. The van der Waals surface area contributed by atoms with Gasteiger partial charge in [0.1, 0.15) is 5.75 Å². The van der Waals surface area contributed by atoms with Crippen molar-refractivity contribution in [2.45, 2.75) is 133 Å². The number of piperidine rings is 2. The van der Waals surface area contributed by atoms with Crippen LogP contribution < -0.4 is 10.1 Å². The molecule has 4 aromatic rings. The number of halogens is 3. The van der Waals surface area contributed by atoms with Crippen molar-refractivity contribution in [1.82, 2.24) is 29.2 Å². The number of amides is 2. The summed E-state index contributed by atoms with van der Waals surface area (Å²) < 4.78 is 73.6. The first-order chi connectivity index (χ1) is 31.8. The first-order valence-electron chi connectivity index (χ1n) is 23.2. The molecule has 6 heterocycles. The van der Waals surface area contributed by atoms with E-state index in [0.717, 1.165) is 31.6 Å². The first kappa shape index (κ1) is 50.6. The minimum Gasteiger partial charge on any atom is -0.491 e. The predicted molar refractivity (Wildman–Crippen MR) is 254 cm³/mol. The number of nitrogens with zero attached hydrogens (tertiary/aromatic N) is 5. The Bertz CT molecular complexity index is 2680. The lowest BCUT2D eigenvalue weighted by Crippen LogP contribution is -2.63. The van der Waals surface area contributed by atoms with Gasteiger partial charge in [0, 0.05) is 89.2 Å². The largest absolute Gasteiger partial charge is 0.491 e. The number of rotatable bonds is 9. The highest BCUT2D eigenvalue weighted by Gasteiger charge is 2.50. The third-order valence-corrected chi connectivity index (χ3v) is 16.1. The number of nitrogens with one attached hydrogen (secondary N) is 1. The summed E-state index contributed by atoms with van der Waals surface area (Å²) in [5.74, 6) is -1.42. The molecule has 18 heteroatoms. The van der Waals surface area contributed by atoms with Crippen molar-refractivity contribution in [3.8, 4) is 5.75 Å². The lowest BCUT2D eigenvalue weighted by molar-refractivity contribution is -0.0892. The SMILES string of the molecule is CC(=O)c1ccc2n1CCN(C)C21CCN(C(=O)c2ccc(OC(C)C)c(CO)c2)CC1.CC(C)S(=O)(=O)c1ccc(C(=O)N2CCC3(CC2)NC(C)(C)Cn2c(C(=O)C(F)(F)F)ccc23)cc1.[HH].[HH]. The van der Waals surface area contributed by atoms with Gasteiger partial charge in [0.2, 0.25) is 0 Å². The van der Waals surface area contributed by atoms with E-state index in [4.69, 9.17) is 4.74 Å². The number of carbonyl (C=O) groups is 4. The lowest BCUT2D eigenvalue weighted by atomic mass is 9.79. The fourth-order valence-corrected chi connectivity index (χ4v) is 11.5. The monoisotopic (exact) mass is 968 g/mol. The van der Waals surface area contributed by atoms with Crippen molar-refractivity contribution in [3.05, 3.63) is 106 Å². The van der Waals surface area contributed by atoms with E-state index in [1.165, 1.54) is 40.6 Å². The summed E-state index contributed by atoms with van der Waals surface area (Å²) in [5.41, 5.74) is 2.34. The average molecular weight is 969 g/mol. The second-order valence-electron chi connectivity index (χ2n) is 19.7. The molecule has 0 bridgehead atoms. The molecular formula is C50H67F3N6O8S. The van der Waals surface area contributed by atoms with Crippen LogP contribution in [0.4, 0.5) is 13.2 Å². The number of Topliss-reactive ketones (excluding diaryl/α,β-unsaturated/α-hetero) is 2. The topological polar surface area (TPSA) is 163 Å². The summed E-state index contributed by atoms with van der Waals surface area (Å²) in [7, 11) is -1.30. The number of ether oxygens (including phenoxy) is 1. The molecule has 2 aromatic heterocycles. The molecule has 4 aliphatic heterocycles. The van der Waals surface area contributed by atoms with E-state index in [9.17, 15) is 45.9 Å². The fraction of sp³-hybridized carbons (Fsp3) is 0.520. The molecule has 2 spiro atoms. The summed E-state index contributed by atoms with van der Waals surface area (Å²) in [6, 6.07) is 18.0. The molecule has 2 saturated heterocycles. The summed E-state index contributed by atoms with van der Waals surface area (Å²) in [6.45, 7) is 16.1. The van der Waals surface area contributed by atoms with Crippen LogP contribution in [0.15, 0.2) is 71.6 Å². The Labute approximate surface area is 399 Å². The third kappa shape index (κ3) is 9.65. The number of alkyl halides is 3. The Morgan fingerprint density at radius 1 is 0.765 bits per heavy atom. The molecule has 2 N–H and O–H groups in total. The summed E-state index contributed by atoms with van der Waals surface area (Å²) in [6.07, 6.45) is -2.43. The molecule has 0 aliphatic carbocycles. The second kappa shape index (κ2) is 18.9. The number of aliphatic hydroxyl groups is 1. The molecule has 0 atom stereocenters. The van der Waals surface area contributed by atoms with E-state index in [0.29, 0.717) is 67.2 Å². The minimum absolute atomic E-state index is 0. The maximum atomic E-state index is 13.2. The second-order valence-corrected chi connectivity index (χ2v) is 22.2. The van der Waals surface area contributed by atoms with Crippen LogP contribution in [0.1, 0.15) is 136 Å². The van der Waals surface area contributed by atoms with Crippen LogP contribution in [0.25, 0.3) is 0 Å². The molecule has 2 amide bonds.